The number of fused-ring (bicyclic) bond motifs is 5. The van der Waals surface area contributed by atoms with Gasteiger partial charge in [0, 0.05) is 23.0 Å². The predicted octanol–water partition coefficient (Wildman–Crippen LogP) is 3.82. The van der Waals surface area contributed by atoms with Crippen LogP contribution in [0.15, 0.2) is 48.5 Å². The van der Waals surface area contributed by atoms with E-state index in [1.807, 2.05) is 0 Å². The van der Waals surface area contributed by atoms with Gasteiger partial charge in [-0.2, -0.15) is 0 Å². The van der Waals surface area contributed by atoms with Gasteiger partial charge in [0.05, 0.1) is 5.52 Å². The van der Waals surface area contributed by atoms with Crippen molar-refractivity contribution in [3.05, 3.63) is 54.2 Å². The molecule has 4 rings (SSSR count). The summed E-state index contributed by atoms with van der Waals surface area (Å²) in [5.74, 6) is 0. The molecule has 0 saturated carbocycles. The minimum Gasteiger partial charge on any atom is -0.337 e. The van der Waals surface area contributed by atoms with E-state index >= 15 is 0 Å². The average Bonchev–Trinajstić information content (AvgIpc) is 2.88. The first-order valence-corrected chi connectivity index (χ1v) is 5.61. The Balaban J connectivity index is 2.29. The maximum Gasteiger partial charge on any atom is 0.0567 e. The zero-order chi connectivity index (χ0) is 10.5. The quantitative estimate of drug-likeness (QED) is 0.525. The summed E-state index contributed by atoms with van der Waals surface area (Å²) in [7, 11) is 0. The van der Waals surface area contributed by atoms with Gasteiger partial charge in [0.15, 0.2) is 0 Å². The van der Waals surface area contributed by atoms with Crippen molar-refractivity contribution >= 4 is 27.8 Å². The third-order valence-electron chi connectivity index (χ3n) is 3.39. The largest absolute Gasteiger partial charge is 0.337 e. The maximum absolute atomic E-state index is 2.39. The molecule has 0 unspecified atom stereocenters. The lowest BCUT2D eigenvalue weighted by Crippen LogP contribution is -1.92. The van der Waals surface area contributed by atoms with Crippen LogP contribution in [0.3, 0.4) is 0 Å². The lowest BCUT2D eigenvalue weighted by Gasteiger charge is -2.04. The molecule has 1 nitrogen and oxygen atoms in total. The molecule has 0 aliphatic carbocycles. The molecule has 2 aromatic carbocycles. The van der Waals surface area contributed by atoms with Gasteiger partial charge in [-0.15, -0.1) is 0 Å². The lowest BCUT2D eigenvalue weighted by molar-refractivity contribution is 0.885. The van der Waals surface area contributed by atoms with Crippen molar-refractivity contribution in [1.82, 2.24) is 4.57 Å². The van der Waals surface area contributed by atoms with Crippen molar-refractivity contribution in [1.29, 1.82) is 0 Å². The number of aromatic nitrogens is 1. The van der Waals surface area contributed by atoms with E-state index in [1.54, 1.807) is 0 Å². The molecule has 0 spiro atoms. The molecular formula is C15H11N. The normalized spacial score (nSPS) is 13.8. The van der Waals surface area contributed by atoms with E-state index < -0.39 is 0 Å². The zero-order valence-corrected chi connectivity index (χ0v) is 8.85. The Kier molecular flexibility index (Phi) is 1.41. The molecule has 1 heteroatoms. The third kappa shape index (κ3) is 0.904. The summed E-state index contributed by atoms with van der Waals surface area (Å²) < 4.78 is 2.39. The van der Waals surface area contributed by atoms with Crippen LogP contribution in [0.1, 0.15) is 5.69 Å². The van der Waals surface area contributed by atoms with E-state index in [0.717, 1.165) is 6.54 Å². The predicted molar refractivity (Wildman–Crippen MR) is 68.5 cm³/mol. The fraction of sp³-hybridized carbons (Fsp3) is 0.0667. The minimum absolute atomic E-state index is 1.01. The molecule has 0 fully saturated rings. The molecule has 0 amide bonds. The highest BCUT2D eigenvalue weighted by Gasteiger charge is 2.11. The van der Waals surface area contributed by atoms with Gasteiger partial charge in [0.1, 0.15) is 0 Å². The summed E-state index contributed by atoms with van der Waals surface area (Å²) in [5.41, 5.74) is 2.70. The maximum atomic E-state index is 2.39. The molecule has 1 aromatic heterocycles. The molecule has 1 aliphatic rings. The first-order chi connectivity index (χ1) is 7.93. The van der Waals surface area contributed by atoms with E-state index in [1.165, 1.54) is 27.4 Å². The van der Waals surface area contributed by atoms with Gasteiger partial charge >= 0.3 is 0 Å². The van der Waals surface area contributed by atoms with Crippen molar-refractivity contribution in [2.45, 2.75) is 6.54 Å². The summed E-state index contributed by atoms with van der Waals surface area (Å²) in [6.45, 7) is 1.01. The Morgan fingerprint density at radius 3 is 2.81 bits per heavy atom. The molecule has 0 N–H and O–H groups in total. The average molecular weight is 205 g/mol. The second kappa shape index (κ2) is 2.76. The van der Waals surface area contributed by atoms with Crippen LogP contribution in [-0.4, -0.2) is 4.57 Å². The summed E-state index contributed by atoms with van der Waals surface area (Å²) in [6.07, 6.45) is 4.42. The topological polar surface area (TPSA) is 4.93 Å². The number of allylic oxidation sites excluding steroid dienone is 1. The molecular weight excluding hydrogens is 194 g/mol. The van der Waals surface area contributed by atoms with Crippen LogP contribution in [0, 0.1) is 0 Å². The number of hydrogen-bond donors (Lipinski definition) is 0. The van der Waals surface area contributed by atoms with E-state index in [2.05, 4.69) is 59.2 Å². The monoisotopic (exact) mass is 205 g/mol. The number of hydrogen-bond acceptors (Lipinski definition) is 0. The lowest BCUT2D eigenvalue weighted by atomic mass is 10.1. The first kappa shape index (κ1) is 8.17. The highest BCUT2D eigenvalue weighted by atomic mass is 15.0. The fourth-order valence-corrected chi connectivity index (χ4v) is 2.67. The molecule has 0 saturated heterocycles. The van der Waals surface area contributed by atoms with Gasteiger partial charge in [0.2, 0.25) is 0 Å². The van der Waals surface area contributed by atoms with E-state index in [-0.39, 0.29) is 0 Å². The van der Waals surface area contributed by atoms with Gasteiger partial charge in [-0.05, 0) is 17.5 Å². The van der Waals surface area contributed by atoms with Crippen LogP contribution in [0.4, 0.5) is 0 Å². The standard InChI is InChI=1S/C15H11N/c1-2-6-14-11(4-1)7-8-12-10-13-5-3-9-16(13)15(12)14/h1-8,10H,9H2. The van der Waals surface area contributed by atoms with Crippen LogP contribution in [0.5, 0.6) is 0 Å². The minimum atomic E-state index is 1.01. The zero-order valence-electron chi connectivity index (χ0n) is 8.85. The van der Waals surface area contributed by atoms with Gasteiger partial charge in [0.25, 0.3) is 0 Å². The molecule has 76 valence electrons. The number of benzene rings is 2. The van der Waals surface area contributed by atoms with Gasteiger partial charge in [-0.25, -0.2) is 0 Å². The molecule has 0 bridgehead atoms. The first-order valence-electron chi connectivity index (χ1n) is 5.61. The van der Waals surface area contributed by atoms with E-state index in [0.29, 0.717) is 0 Å². The Bertz CT molecular complexity index is 732. The Hall–Kier alpha value is -2.02. The summed E-state index contributed by atoms with van der Waals surface area (Å²) in [4.78, 5) is 0. The molecule has 16 heavy (non-hydrogen) atoms. The van der Waals surface area contributed by atoms with Crippen LogP contribution >= 0.6 is 0 Å². The van der Waals surface area contributed by atoms with Crippen molar-refractivity contribution in [3.8, 4) is 0 Å². The van der Waals surface area contributed by atoms with E-state index in [4.69, 9.17) is 0 Å². The summed E-state index contributed by atoms with van der Waals surface area (Å²) in [6, 6.07) is 15.3. The van der Waals surface area contributed by atoms with Crippen molar-refractivity contribution in [3.63, 3.8) is 0 Å². The van der Waals surface area contributed by atoms with Crippen LogP contribution < -0.4 is 0 Å². The van der Waals surface area contributed by atoms with E-state index in [9.17, 15) is 0 Å². The van der Waals surface area contributed by atoms with Gasteiger partial charge < -0.3 is 4.57 Å². The van der Waals surface area contributed by atoms with Crippen LogP contribution in [0.25, 0.3) is 27.8 Å². The van der Waals surface area contributed by atoms with Crippen molar-refractivity contribution in [2.24, 2.45) is 0 Å². The second-order valence-electron chi connectivity index (χ2n) is 4.31. The second-order valence-corrected chi connectivity index (χ2v) is 4.31. The van der Waals surface area contributed by atoms with Gasteiger partial charge in [-0.1, -0.05) is 42.5 Å². The van der Waals surface area contributed by atoms with Crippen molar-refractivity contribution in [2.75, 3.05) is 0 Å². The molecule has 3 aromatic rings. The summed E-state index contributed by atoms with van der Waals surface area (Å²) in [5, 5.41) is 4.02. The highest BCUT2D eigenvalue weighted by Crippen LogP contribution is 2.30. The highest BCUT2D eigenvalue weighted by molar-refractivity contribution is 6.07. The fourth-order valence-electron chi connectivity index (χ4n) is 2.67. The third-order valence-corrected chi connectivity index (χ3v) is 3.39. The SMILES string of the molecule is C1=Cc2cc3ccc4ccccc4c3n2C1. The molecule has 2 heterocycles. The molecule has 1 aliphatic heterocycles. The molecule has 0 radical (unpaired) electrons. The summed E-state index contributed by atoms with van der Waals surface area (Å²) >= 11 is 0. The number of nitrogens with zero attached hydrogens (tertiary/aromatic N) is 1. The Labute approximate surface area is 93.6 Å². The van der Waals surface area contributed by atoms with Crippen LogP contribution in [-0.2, 0) is 6.54 Å². The van der Waals surface area contributed by atoms with Crippen molar-refractivity contribution < 1.29 is 0 Å². The van der Waals surface area contributed by atoms with Gasteiger partial charge in [-0.3, -0.25) is 0 Å². The Morgan fingerprint density at radius 1 is 0.938 bits per heavy atom. The molecule has 0 atom stereocenters. The number of rotatable bonds is 0. The smallest absolute Gasteiger partial charge is 0.0567 e. The van der Waals surface area contributed by atoms with Crippen LogP contribution in [0.2, 0.25) is 0 Å². The Morgan fingerprint density at radius 2 is 1.81 bits per heavy atom.